The van der Waals surface area contributed by atoms with Gasteiger partial charge in [-0.2, -0.15) is 0 Å². The number of carbonyl (C=O) groups is 1. The molecule has 0 aliphatic heterocycles. The van der Waals surface area contributed by atoms with Crippen molar-refractivity contribution < 1.29 is 14.3 Å². The molecular weight excluding hydrogens is 330 g/mol. The third-order valence-corrected chi connectivity index (χ3v) is 3.94. The van der Waals surface area contributed by atoms with E-state index >= 15 is 0 Å². The Balaban J connectivity index is 2.19. The maximum atomic E-state index is 12.7. The molecule has 0 saturated carbocycles. The van der Waals surface area contributed by atoms with Crippen LogP contribution in [0.4, 0.5) is 11.5 Å². The van der Waals surface area contributed by atoms with Crippen LogP contribution in [-0.4, -0.2) is 43.1 Å². The van der Waals surface area contributed by atoms with E-state index in [-0.39, 0.29) is 5.91 Å². The Hall–Kier alpha value is -2.76. The molecular formula is C20H27N3O3. The van der Waals surface area contributed by atoms with E-state index in [1.54, 1.807) is 32.5 Å². The molecule has 0 spiro atoms. The smallest absolute Gasteiger partial charge is 0.254 e. The quantitative estimate of drug-likeness (QED) is 0.732. The van der Waals surface area contributed by atoms with E-state index in [4.69, 9.17) is 9.47 Å². The number of amides is 1. The van der Waals surface area contributed by atoms with Gasteiger partial charge in [0.2, 0.25) is 0 Å². The molecule has 1 aromatic carbocycles. The van der Waals surface area contributed by atoms with Crippen molar-refractivity contribution >= 4 is 17.4 Å². The first-order valence-electron chi connectivity index (χ1n) is 8.87. The number of benzene rings is 1. The van der Waals surface area contributed by atoms with Crippen molar-refractivity contribution in [3.05, 3.63) is 42.1 Å². The molecule has 2 aromatic rings. The number of carbonyl (C=O) groups excluding carboxylic acids is 1. The largest absolute Gasteiger partial charge is 0.493 e. The first kappa shape index (κ1) is 19.6. The van der Waals surface area contributed by atoms with Gasteiger partial charge < -0.3 is 19.7 Å². The molecule has 1 N–H and O–H groups in total. The third kappa shape index (κ3) is 4.88. The van der Waals surface area contributed by atoms with Crippen molar-refractivity contribution in [3.8, 4) is 11.5 Å². The highest BCUT2D eigenvalue weighted by molar-refractivity contribution is 5.95. The number of pyridine rings is 1. The monoisotopic (exact) mass is 357 g/mol. The highest BCUT2D eigenvalue weighted by Crippen LogP contribution is 2.30. The molecule has 0 radical (unpaired) electrons. The second kappa shape index (κ2) is 9.65. The fourth-order valence-electron chi connectivity index (χ4n) is 2.73. The molecule has 0 bridgehead atoms. The number of ether oxygens (including phenoxy) is 2. The van der Waals surface area contributed by atoms with Crippen LogP contribution in [0.5, 0.6) is 11.5 Å². The number of nitrogens with one attached hydrogen (secondary N) is 1. The standard InChI is InChI=1S/C20H27N3O3/c1-5-11-23(12-6-2)20(24)15-9-10-21-19(13-15)22-16-7-8-17(25-3)18(14-16)26-4/h7-10,13-14H,5-6,11-12H2,1-4H3,(H,21,22). The van der Waals surface area contributed by atoms with Gasteiger partial charge in [-0.05, 0) is 37.1 Å². The number of hydrogen-bond donors (Lipinski definition) is 1. The van der Waals surface area contributed by atoms with Crippen LogP contribution in [-0.2, 0) is 0 Å². The Morgan fingerprint density at radius 1 is 1.04 bits per heavy atom. The fraction of sp³-hybridized carbons (Fsp3) is 0.400. The zero-order valence-electron chi connectivity index (χ0n) is 15.9. The lowest BCUT2D eigenvalue weighted by Gasteiger charge is -2.21. The molecule has 1 amide bonds. The Bertz CT molecular complexity index is 728. The number of nitrogens with zero attached hydrogens (tertiary/aromatic N) is 2. The Kier molecular flexibility index (Phi) is 7.26. The summed E-state index contributed by atoms with van der Waals surface area (Å²) in [4.78, 5) is 18.9. The zero-order chi connectivity index (χ0) is 18.9. The summed E-state index contributed by atoms with van der Waals surface area (Å²) in [6.07, 6.45) is 3.52. The molecule has 0 unspecified atom stereocenters. The second-order valence-corrected chi connectivity index (χ2v) is 5.92. The number of aromatic nitrogens is 1. The Morgan fingerprint density at radius 3 is 2.35 bits per heavy atom. The predicted molar refractivity (Wildman–Crippen MR) is 104 cm³/mol. The second-order valence-electron chi connectivity index (χ2n) is 5.92. The van der Waals surface area contributed by atoms with Crippen molar-refractivity contribution in [1.82, 2.24) is 9.88 Å². The molecule has 0 saturated heterocycles. The van der Waals surface area contributed by atoms with E-state index in [1.807, 2.05) is 23.1 Å². The van der Waals surface area contributed by atoms with E-state index in [0.717, 1.165) is 31.6 Å². The van der Waals surface area contributed by atoms with Crippen molar-refractivity contribution in [1.29, 1.82) is 0 Å². The van der Waals surface area contributed by atoms with Crippen LogP contribution in [0.2, 0.25) is 0 Å². The molecule has 140 valence electrons. The van der Waals surface area contributed by atoms with Crippen molar-refractivity contribution in [2.24, 2.45) is 0 Å². The summed E-state index contributed by atoms with van der Waals surface area (Å²) in [5, 5.41) is 3.21. The lowest BCUT2D eigenvalue weighted by atomic mass is 10.2. The number of anilines is 2. The summed E-state index contributed by atoms with van der Waals surface area (Å²) in [5.74, 6) is 1.92. The minimum absolute atomic E-state index is 0.0338. The zero-order valence-corrected chi connectivity index (χ0v) is 15.9. The first-order chi connectivity index (χ1) is 12.6. The molecule has 0 fully saturated rings. The summed E-state index contributed by atoms with van der Waals surface area (Å²) in [5.41, 5.74) is 1.43. The van der Waals surface area contributed by atoms with Gasteiger partial charge in [-0.15, -0.1) is 0 Å². The minimum Gasteiger partial charge on any atom is -0.493 e. The Morgan fingerprint density at radius 2 is 1.73 bits per heavy atom. The van der Waals surface area contributed by atoms with Gasteiger partial charge in [0.1, 0.15) is 5.82 Å². The van der Waals surface area contributed by atoms with Crippen LogP contribution in [0.25, 0.3) is 0 Å². The topological polar surface area (TPSA) is 63.7 Å². The number of methoxy groups -OCH3 is 2. The van der Waals surface area contributed by atoms with E-state index in [9.17, 15) is 4.79 Å². The highest BCUT2D eigenvalue weighted by atomic mass is 16.5. The van der Waals surface area contributed by atoms with Gasteiger partial charge >= 0.3 is 0 Å². The molecule has 1 aromatic heterocycles. The molecule has 0 aliphatic carbocycles. The molecule has 0 atom stereocenters. The molecule has 2 rings (SSSR count). The summed E-state index contributed by atoms with van der Waals surface area (Å²) >= 11 is 0. The van der Waals surface area contributed by atoms with Crippen molar-refractivity contribution in [2.45, 2.75) is 26.7 Å². The van der Waals surface area contributed by atoms with Gasteiger partial charge in [0.05, 0.1) is 14.2 Å². The van der Waals surface area contributed by atoms with Crippen molar-refractivity contribution in [2.75, 3.05) is 32.6 Å². The summed E-state index contributed by atoms with van der Waals surface area (Å²) in [7, 11) is 3.19. The van der Waals surface area contributed by atoms with Gasteiger partial charge in [-0.3, -0.25) is 4.79 Å². The van der Waals surface area contributed by atoms with Crippen LogP contribution in [0.1, 0.15) is 37.0 Å². The normalized spacial score (nSPS) is 10.3. The molecule has 1 heterocycles. The maximum Gasteiger partial charge on any atom is 0.254 e. The van der Waals surface area contributed by atoms with Crippen LogP contribution >= 0.6 is 0 Å². The number of hydrogen-bond acceptors (Lipinski definition) is 5. The molecule has 6 nitrogen and oxygen atoms in total. The van der Waals surface area contributed by atoms with Crippen LogP contribution < -0.4 is 14.8 Å². The first-order valence-corrected chi connectivity index (χ1v) is 8.87. The molecule has 0 aliphatic rings. The Labute approximate surface area is 155 Å². The van der Waals surface area contributed by atoms with E-state index in [1.165, 1.54) is 0 Å². The summed E-state index contributed by atoms with van der Waals surface area (Å²) < 4.78 is 10.6. The van der Waals surface area contributed by atoms with E-state index in [0.29, 0.717) is 22.9 Å². The molecule has 6 heteroatoms. The van der Waals surface area contributed by atoms with Gasteiger partial charge in [-0.1, -0.05) is 13.8 Å². The third-order valence-electron chi connectivity index (χ3n) is 3.94. The average Bonchev–Trinajstić information content (AvgIpc) is 2.67. The lowest BCUT2D eigenvalue weighted by Crippen LogP contribution is -2.32. The predicted octanol–water partition coefficient (Wildman–Crippen LogP) is 4.10. The number of rotatable bonds is 9. The lowest BCUT2D eigenvalue weighted by molar-refractivity contribution is 0.0755. The van der Waals surface area contributed by atoms with Gasteiger partial charge in [-0.25, -0.2) is 4.98 Å². The maximum absolute atomic E-state index is 12.7. The van der Waals surface area contributed by atoms with Gasteiger partial charge in [0, 0.05) is 36.6 Å². The molecule has 26 heavy (non-hydrogen) atoms. The summed E-state index contributed by atoms with van der Waals surface area (Å²) in [6, 6.07) is 9.05. The van der Waals surface area contributed by atoms with Crippen LogP contribution in [0, 0.1) is 0 Å². The highest BCUT2D eigenvalue weighted by Gasteiger charge is 2.15. The summed E-state index contributed by atoms with van der Waals surface area (Å²) in [6.45, 7) is 5.67. The van der Waals surface area contributed by atoms with Crippen molar-refractivity contribution in [3.63, 3.8) is 0 Å². The minimum atomic E-state index is 0.0338. The van der Waals surface area contributed by atoms with E-state index < -0.39 is 0 Å². The van der Waals surface area contributed by atoms with Gasteiger partial charge in [0.15, 0.2) is 11.5 Å². The fourth-order valence-corrected chi connectivity index (χ4v) is 2.73. The van der Waals surface area contributed by atoms with Gasteiger partial charge in [0.25, 0.3) is 5.91 Å². The average molecular weight is 357 g/mol. The van der Waals surface area contributed by atoms with Crippen LogP contribution in [0.15, 0.2) is 36.5 Å². The van der Waals surface area contributed by atoms with E-state index in [2.05, 4.69) is 24.1 Å². The SMILES string of the molecule is CCCN(CCC)C(=O)c1ccnc(Nc2ccc(OC)c(OC)c2)c1. The van der Waals surface area contributed by atoms with Crippen LogP contribution in [0.3, 0.4) is 0 Å².